The van der Waals surface area contributed by atoms with E-state index in [2.05, 4.69) is 5.32 Å². The zero-order valence-electron chi connectivity index (χ0n) is 10.7. The molecule has 7 heteroatoms. The van der Waals surface area contributed by atoms with Crippen LogP contribution in [0.1, 0.15) is 10.4 Å². The standard InChI is InChI=1S/C13H11NO4S.K/c15-13(14-11-6-2-1-3-7-11)10-5-4-8-12(9-10)19(16,17)18;/h1-9H,(H,14,15)(H,16,17,18);/q;+1/p-1. The van der Waals surface area contributed by atoms with E-state index in [1.807, 2.05) is 0 Å². The van der Waals surface area contributed by atoms with Crippen molar-refractivity contribution in [2.45, 2.75) is 4.90 Å². The van der Waals surface area contributed by atoms with Gasteiger partial charge in [0.15, 0.2) is 0 Å². The molecule has 0 atom stereocenters. The predicted molar refractivity (Wildman–Crippen MR) is 68.8 cm³/mol. The van der Waals surface area contributed by atoms with E-state index in [4.69, 9.17) is 0 Å². The van der Waals surface area contributed by atoms with Crippen LogP contribution in [0.3, 0.4) is 0 Å². The summed E-state index contributed by atoms with van der Waals surface area (Å²) < 4.78 is 32.6. The average Bonchev–Trinajstić information content (AvgIpc) is 2.39. The molecule has 0 radical (unpaired) electrons. The third kappa shape index (κ3) is 4.78. The Balaban J connectivity index is 0.00000200. The van der Waals surface area contributed by atoms with Gasteiger partial charge in [0.05, 0.1) is 4.90 Å². The van der Waals surface area contributed by atoms with Gasteiger partial charge in [-0.3, -0.25) is 4.79 Å². The molecule has 0 spiro atoms. The predicted octanol–water partition coefficient (Wildman–Crippen LogP) is -1.15. The topological polar surface area (TPSA) is 86.3 Å². The average molecular weight is 315 g/mol. The van der Waals surface area contributed by atoms with Gasteiger partial charge in [-0.15, -0.1) is 0 Å². The van der Waals surface area contributed by atoms with Crippen molar-refractivity contribution < 1.29 is 69.1 Å². The molecule has 0 saturated heterocycles. The molecule has 0 aliphatic carbocycles. The fourth-order valence-electron chi connectivity index (χ4n) is 1.52. The van der Waals surface area contributed by atoms with Crippen molar-refractivity contribution in [1.82, 2.24) is 0 Å². The Morgan fingerprint density at radius 1 is 1.00 bits per heavy atom. The largest absolute Gasteiger partial charge is 1.00 e. The maximum atomic E-state index is 11.9. The molecule has 0 aliphatic heterocycles. The van der Waals surface area contributed by atoms with Crippen molar-refractivity contribution in [2.24, 2.45) is 0 Å². The van der Waals surface area contributed by atoms with Crippen LogP contribution in [0.4, 0.5) is 5.69 Å². The second-order valence-corrected chi connectivity index (χ2v) is 5.18. The van der Waals surface area contributed by atoms with Crippen LogP contribution in [-0.2, 0) is 10.1 Å². The fourth-order valence-corrected chi connectivity index (χ4v) is 2.03. The molecule has 2 rings (SSSR count). The van der Waals surface area contributed by atoms with Crippen LogP contribution in [-0.4, -0.2) is 18.9 Å². The third-order valence-corrected chi connectivity index (χ3v) is 3.25. The Morgan fingerprint density at radius 3 is 2.25 bits per heavy atom. The van der Waals surface area contributed by atoms with Crippen LogP contribution in [0, 0.1) is 0 Å². The minimum atomic E-state index is -4.56. The van der Waals surface area contributed by atoms with E-state index in [1.165, 1.54) is 12.1 Å². The summed E-state index contributed by atoms with van der Waals surface area (Å²) in [5, 5.41) is 2.60. The van der Waals surface area contributed by atoms with Gasteiger partial charge in [0, 0.05) is 11.3 Å². The molecule has 2 aromatic carbocycles. The van der Waals surface area contributed by atoms with Gasteiger partial charge in [0.25, 0.3) is 5.91 Å². The van der Waals surface area contributed by atoms with Crippen LogP contribution in [0.2, 0.25) is 0 Å². The minimum Gasteiger partial charge on any atom is -0.744 e. The zero-order chi connectivity index (χ0) is 13.9. The maximum Gasteiger partial charge on any atom is 1.00 e. The first-order valence-electron chi connectivity index (χ1n) is 5.39. The van der Waals surface area contributed by atoms with Crippen molar-refractivity contribution in [2.75, 3.05) is 5.32 Å². The van der Waals surface area contributed by atoms with E-state index >= 15 is 0 Å². The van der Waals surface area contributed by atoms with Gasteiger partial charge >= 0.3 is 51.4 Å². The van der Waals surface area contributed by atoms with Crippen LogP contribution < -0.4 is 56.7 Å². The first-order valence-corrected chi connectivity index (χ1v) is 6.80. The number of anilines is 1. The number of nitrogens with one attached hydrogen (secondary N) is 1. The molecule has 98 valence electrons. The Kier molecular flexibility index (Phi) is 6.53. The summed E-state index contributed by atoms with van der Waals surface area (Å²) in [6, 6.07) is 13.7. The fraction of sp³-hybridized carbons (Fsp3) is 0. The van der Waals surface area contributed by atoms with Crippen LogP contribution >= 0.6 is 0 Å². The summed E-state index contributed by atoms with van der Waals surface area (Å²) in [5.41, 5.74) is 0.698. The second-order valence-electron chi connectivity index (χ2n) is 3.80. The van der Waals surface area contributed by atoms with Gasteiger partial charge in [0.1, 0.15) is 10.1 Å². The monoisotopic (exact) mass is 315 g/mol. The Hall–Kier alpha value is -0.544. The molecule has 5 nitrogen and oxygen atoms in total. The van der Waals surface area contributed by atoms with E-state index in [0.717, 1.165) is 12.1 Å². The first kappa shape index (κ1) is 17.5. The SMILES string of the molecule is O=C(Nc1ccccc1)c1cccc(S(=O)(=O)[O-])c1.[K+]. The van der Waals surface area contributed by atoms with Crippen molar-refractivity contribution >= 4 is 21.7 Å². The number of rotatable bonds is 3. The summed E-state index contributed by atoms with van der Waals surface area (Å²) >= 11 is 0. The van der Waals surface area contributed by atoms with Gasteiger partial charge < -0.3 is 9.87 Å². The molecule has 0 saturated carbocycles. The van der Waals surface area contributed by atoms with Crippen molar-refractivity contribution in [3.63, 3.8) is 0 Å². The van der Waals surface area contributed by atoms with E-state index in [1.54, 1.807) is 30.3 Å². The minimum absolute atomic E-state index is 0. The molecule has 20 heavy (non-hydrogen) atoms. The molecule has 0 heterocycles. The molecule has 1 amide bonds. The van der Waals surface area contributed by atoms with Gasteiger partial charge in [-0.25, -0.2) is 8.42 Å². The number of hydrogen-bond donors (Lipinski definition) is 1. The third-order valence-electron chi connectivity index (χ3n) is 2.42. The van der Waals surface area contributed by atoms with Crippen LogP contribution in [0.25, 0.3) is 0 Å². The molecule has 1 N–H and O–H groups in total. The Bertz CT molecular complexity index is 701. The summed E-state index contributed by atoms with van der Waals surface area (Å²) in [6.07, 6.45) is 0. The molecular weight excluding hydrogens is 305 g/mol. The summed E-state index contributed by atoms with van der Waals surface area (Å²) in [6.45, 7) is 0. The van der Waals surface area contributed by atoms with Crippen molar-refractivity contribution in [3.05, 3.63) is 60.2 Å². The van der Waals surface area contributed by atoms with E-state index in [9.17, 15) is 17.8 Å². The molecule has 0 aliphatic rings. The zero-order valence-corrected chi connectivity index (χ0v) is 14.7. The summed E-state index contributed by atoms with van der Waals surface area (Å²) in [5.74, 6) is -0.475. The smallest absolute Gasteiger partial charge is 0.744 e. The number of benzene rings is 2. The molecule has 0 fully saturated rings. The van der Waals surface area contributed by atoms with Gasteiger partial charge in [-0.2, -0.15) is 0 Å². The number of hydrogen-bond acceptors (Lipinski definition) is 4. The number of amides is 1. The van der Waals surface area contributed by atoms with Gasteiger partial charge in [0.2, 0.25) is 0 Å². The quantitative estimate of drug-likeness (QED) is 0.572. The molecule has 0 aromatic heterocycles. The normalized spacial score (nSPS) is 10.4. The first-order chi connectivity index (χ1) is 8.97. The molecule has 0 unspecified atom stereocenters. The van der Waals surface area contributed by atoms with Crippen LogP contribution in [0.15, 0.2) is 59.5 Å². The van der Waals surface area contributed by atoms with E-state index < -0.39 is 20.9 Å². The number of para-hydroxylation sites is 1. The molecule has 0 bridgehead atoms. The van der Waals surface area contributed by atoms with E-state index in [0.29, 0.717) is 5.69 Å². The molecular formula is C13H10KNO4S. The van der Waals surface area contributed by atoms with Crippen molar-refractivity contribution in [1.29, 1.82) is 0 Å². The van der Waals surface area contributed by atoms with Gasteiger partial charge in [-0.05, 0) is 30.3 Å². The summed E-state index contributed by atoms with van der Waals surface area (Å²) in [7, 11) is -4.56. The van der Waals surface area contributed by atoms with Gasteiger partial charge in [-0.1, -0.05) is 24.3 Å². The van der Waals surface area contributed by atoms with Crippen molar-refractivity contribution in [3.8, 4) is 0 Å². The van der Waals surface area contributed by atoms with E-state index in [-0.39, 0.29) is 56.9 Å². The van der Waals surface area contributed by atoms with Crippen LogP contribution in [0.5, 0.6) is 0 Å². The number of carbonyl (C=O) groups is 1. The molecule has 2 aromatic rings. The Morgan fingerprint density at radius 2 is 1.65 bits per heavy atom. The second kappa shape index (κ2) is 7.46. The Labute approximate surface area is 159 Å². The summed E-state index contributed by atoms with van der Waals surface area (Å²) in [4.78, 5) is 11.5. The maximum absolute atomic E-state index is 11.9. The number of carbonyl (C=O) groups excluding carboxylic acids is 1.